The lowest BCUT2D eigenvalue weighted by Crippen LogP contribution is -2.64. The highest BCUT2D eigenvalue weighted by atomic mass is 16.7. The Morgan fingerprint density at radius 3 is 2.02 bits per heavy atom. The van der Waals surface area contributed by atoms with E-state index in [1.54, 1.807) is 41.7 Å². The molecule has 16 heteroatoms. The predicted octanol–water partition coefficient (Wildman–Crippen LogP) is 2.94. The Kier molecular flexibility index (Phi) is 18.4. The summed E-state index contributed by atoms with van der Waals surface area (Å²) in [7, 11) is 8.92. The fourth-order valence-electron chi connectivity index (χ4n) is 9.81. The first-order valence-corrected chi connectivity index (χ1v) is 21.3. The number of hydrogen-bond donors (Lipinski definition) is 3. The quantitative estimate of drug-likeness (QED) is 0.243. The summed E-state index contributed by atoms with van der Waals surface area (Å²) in [4.78, 5) is 44.9. The molecule has 0 radical (unpaired) electrons. The van der Waals surface area contributed by atoms with Crippen LogP contribution in [-0.4, -0.2) is 176 Å². The van der Waals surface area contributed by atoms with Gasteiger partial charge in [-0.05, 0) is 81.9 Å². The zero-order valence-corrected chi connectivity index (χ0v) is 38.6. The molecule has 0 aromatic carbocycles. The summed E-state index contributed by atoms with van der Waals surface area (Å²) in [5.41, 5.74) is -4.25. The summed E-state index contributed by atoms with van der Waals surface area (Å²) >= 11 is 0. The average Bonchev–Trinajstić information content (AvgIpc) is 3.16. The van der Waals surface area contributed by atoms with Crippen molar-refractivity contribution in [2.24, 2.45) is 23.7 Å². The van der Waals surface area contributed by atoms with E-state index in [0.717, 1.165) is 0 Å². The van der Waals surface area contributed by atoms with Gasteiger partial charge < -0.3 is 58.1 Å². The van der Waals surface area contributed by atoms with Gasteiger partial charge in [0, 0.05) is 57.9 Å². The van der Waals surface area contributed by atoms with E-state index in [9.17, 15) is 29.7 Å². The van der Waals surface area contributed by atoms with Gasteiger partial charge in [0.05, 0.1) is 54.7 Å². The van der Waals surface area contributed by atoms with Gasteiger partial charge in [-0.2, -0.15) is 0 Å². The van der Waals surface area contributed by atoms with Gasteiger partial charge in [0.1, 0.15) is 23.1 Å². The van der Waals surface area contributed by atoms with Gasteiger partial charge in [-0.25, -0.2) is 0 Å². The Bertz CT molecular complexity index is 1390. The molecule has 0 bridgehead atoms. The van der Waals surface area contributed by atoms with Gasteiger partial charge in [-0.1, -0.05) is 27.7 Å². The third-order valence-electron chi connectivity index (χ3n) is 13.5. The van der Waals surface area contributed by atoms with Crippen molar-refractivity contribution >= 4 is 17.7 Å². The van der Waals surface area contributed by atoms with Crippen molar-refractivity contribution in [2.75, 3.05) is 48.5 Å². The van der Waals surface area contributed by atoms with Crippen molar-refractivity contribution in [3.63, 3.8) is 0 Å². The first-order valence-electron chi connectivity index (χ1n) is 21.3. The highest BCUT2D eigenvalue weighted by molar-refractivity contribution is 5.83. The van der Waals surface area contributed by atoms with Crippen LogP contribution >= 0.6 is 0 Å². The van der Waals surface area contributed by atoms with Crippen molar-refractivity contribution in [1.29, 1.82) is 0 Å². The highest BCUT2D eigenvalue weighted by Gasteiger charge is 2.55. The third-order valence-corrected chi connectivity index (χ3v) is 13.5. The number of aliphatic hydroxyl groups is 3. The van der Waals surface area contributed by atoms with Gasteiger partial charge in [0.2, 0.25) is 0 Å². The summed E-state index contributed by atoms with van der Waals surface area (Å²) in [6, 6.07) is -0.402. The number of aliphatic hydroxyl groups excluding tert-OH is 2. The highest BCUT2D eigenvalue weighted by Crippen LogP contribution is 2.42. The van der Waals surface area contributed by atoms with Gasteiger partial charge >= 0.3 is 11.9 Å². The van der Waals surface area contributed by atoms with Crippen LogP contribution in [0.4, 0.5) is 0 Å². The molecule has 0 unspecified atom stereocenters. The number of Topliss-reactive ketones (excluding diaryl/α,β-unsaturated/α-hetero) is 1. The van der Waals surface area contributed by atoms with E-state index >= 15 is 0 Å². The Labute approximate surface area is 352 Å². The number of cyclic esters (lactones) is 1. The summed E-state index contributed by atoms with van der Waals surface area (Å²) in [5.74, 6) is -4.94. The number of methoxy groups -OCH3 is 2. The zero-order valence-electron chi connectivity index (χ0n) is 38.6. The topological polar surface area (TPSA) is 192 Å². The van der Waals surface area contributed by atoms with E-state index in [-0.39, 0.29) is 49.8 Å². The normalized spacial score (nSPS) is 44.6. The zero-order chi connectivity index (χ0) is 44.9. The number of esters is 2. The minimum atomic E-state index is -1.98. The third kappa shape index (κ3) is 11.6. The fraction of sp³-hybridized carbons (Fsp3) is 0.930. The molecule has 3 aliphatic heterocycles. The lowest BCUT2D eigenvalue weighted by Gasteiger charge is -2.51. The number of ketones is 1. The average molecular weight is 847 g/mol. The molecule has 344 valence electrons. The molecule has 3 saturated heterocycles. The first kappa shape index (κ1) is 51.5. The second-order valence-electron chi connectivity index (χ2n) is 18.4. The Morgan fingerprint density at radius 1 is 0.898 bits per heavy atom. The van der Waals surface area contributed by atoms with Crippen molar-refractivity contribution in [3.8, 4) is 0 Å². The smallest absolute Gasteiger partial charge is 0.311 e. The molecule has 3 heterocycles. The van der Waals surface area contributed by atoms with Gasteiger partial charge in [-0.15, -0.1) is 0 Å². The van der Waals surface area contributed by atoms with Crippen molar-refractivity contribution in [3.05, 3.63) is 0 Å². The molecule has 0 aliphatic carbocycles. The van der Waals surface area contributed by atoms with Crippen LogP contribution in [-0.2, 0) is 52.3 Å². The lowest BCUT2D eigenvalue weighted by atomic mass is 9.73. The second-order valence-corrected chi connectivity index (χ2v) is 18.4. The standard InChI is InChI=1S/C43H78N2O14/c1-17-31-43(11,51)36(49)25(4)34(48)23(2)21-41(9,52-15)37(59-40-33(44(12)13)30(20-24(3)54-40)45(14)18-19-46)26(5)35(27(6)39(50)57-31)58-32-22-42(10,53-16)38(28(7)55-32)56-29(8)47/h23-28,30-33,35-38,40,46,49,51H,17-22H2,1-16H3/t23-,24-,25+,26+,27-,28+,30-,31-,32+,33+,35+,36-,37-,38+,40+,41+,42-,43-/m1/s1. The SMILES string of the molecule is CC[C@H]1OC(=O)[C@H](C)[C@@H](O[C@H]2C[C@@](C)(OC)[C@@H](OC(C)=O)[C@H](C)O2)[C@H](C)[C@@H](O[C@@H]2O[C@H](C)C[C@@H](N(C)CCO)[C@@H]2N(C)C)[C@@](C)(OC)C[C@@H](C)C(=O)[C@H](C)[C@@H](O)[C@]1(C)O. The van der Waals surface area contributed by atoms with Crippen molar-refractivity contribution < 1.29 is 67.6 Å². The molecule has 3 rings (SSSR count). The van der Waals surface area contributed by atoms with Crippen LogP contribution in [0.5, 0.6) is 0 Å². The molecule has 0 aromatic rings. The molecule has 59 heavy (non-hydrogen) atoms. The molecule has 0 spiro atoms. The van der Waals surface area contributed by atoms with Crippen LogP contribution in [0.25, 0.3) is 0 Å². The van der Waals surface area contributed by atoms with Crippen LogP contribution in [0.2, 0.25) is 0 Å². The van der Waals surface area contributed by atoms with E-state index in [1.165, 1.54) is 21.0 Å². The number of carbonyl (C=O) groups is 3. The van der Waals surface area contributed by atoms with E-state index in [0.29, 0.717) is 13.0 Å². The summed E-state index contributed by atoms with van der Waals surface area (Å²) in [5, 5.41) is 33.2. The van der Waals surface area contributed by atoms with Gasteiger partial charge in [0.15, 0.2) is 18.7 Å². The van der Waals surface area contributed by atoms with Crippen LogP contribution < -0.4 is 0 Å². The summed E-state index contributed by atoms with van der Waals surface area (Å²) < 4.78 is 51.2. The molecular formula is C43H78N2O14. The number of nitrogens with zero attached hydrogens (tertiary/aromatic N) is 2. The number of rotatable bonds is 12. The molecule has 3 aliphatic rings. The minimum Gasteiger partial charge on any atom is -0.459 e. The maximum absolute atomic E-state index is 14.4. The fourth-order valence-corrected chi connectivity index (χ4v) is 9.81. The van der Waals surface area contributed by atoms with Crippen LogP contribution in [0.1, 0.15) is 102 Å². The minimum absolute atomic E-state index is 0.0265. The monoisotopic (exact) mass is 847 g/mol. The van der Waals surface area contributed by atoms with Crippen LogP contribution in [0.3, 0.4) is 0 Å². The van der Waals surface area contributed by atoms with Crippen molar-refractivity contribution in [1.82, 2.24) is 9.80 Å². The van der Waals surface area contributed by atoms with E-state index in [4.69, 9.17) is 37.9 Å². The number of carbonyl (C=O) groups excluding carboxylic acids is 3. The molecular weight excluding hydrogens is 768 g/mol. The summed E-state index contributed by atoms with van der Waals surface area (Å²) in [6.07, 6.45) is -7.08. The molecule has 3 fully saturated rings. The van der Waals surface area contributed by atoms with E-state index in [1.807, 2.05) is 53.7 Å². The second kappa shape index (κ2) is 21.0. The number of hydrogen-bond acceptors (Lipinski definition) is 16. The first-order chi connectivity index (χ1) is 27.3. The largest absolute Gasteiger partial charge is 0.459 e. The van der Waals surface area contributed by atoms with Gasteiger partial charge in [0.25, 0.3) is 0 Å². The maximum Gasteiger partial charge on any atom is 0.311 e. The molecule has 16 nitrogen and oxygen atoms in total. The molecule has 18 atom stereocenters. The summed E-state index contributed by atoms with van der Waals surface area (Å²) in [6.45, 7) is 19.1. The molecule has 0 aromatic heterocycles. The van der Waals surface area contributed by atoms with Crippen LogP contribution in [0, 0.1) is 23.7 Å². The Balaban J connectivity index is 2.28. The molecule has 3 N–H and O–H groups in total. The predicted molar refractivity (Wildman–Crippen MR) is 218 cm³/mol. The van der Waals surface area contributed by atoms with Crippen LogP contribution in [0.15, 0.2) is 0 Å². The molecule has 0 saturated carbocycles. The van der Waals surface area contributed by atoms with E-state index in [2.05, 4.69) is 4.90 Å². The van der Waals surface area contributed by atoms with E-state index < -0.39 is 102 Å². The number of likely N-dealkylation sites (N-methyl/N-ethyl adjacent to an activating group) is 2. The molecule has 0 amide bonds. The maximum atomic E-state index is 14.4. The Hall–Kier alpha value is -1.83. The van der Waals surface area contributed by atoms with Gasteiger partial charge in [-0.3, -0.25) is 19.3 Å². The Morgan fingerprint density at radius 2 is 1.49 bits per heavy atom. The number of ether oxygens (including phenoxy) is 8. The van der Waals surface area contributed by atoms with Crippen molar-refractivity contribution in [2.45, 2.75) is 186 Å². The lowest BCUT2D eigenvalue weighted by molar-refractivity contribution is -0.315.